The highest BCUT2D eigenvalue weighted by atomic mass is 15.0. The van der Waals surface area contributed by atoms with Gasteiger partial charge < -0.3 is 4.57 Å². The summed E-state index contributed by atoms with van der Waals surface area (Å²) in [6, 6.07) is 21.5. The summed E-state index contributed by atoms with van der Waals surface area (Å²) in [7, 11) is 0. The second kappa shape index (κ2) is 7.18. The van der Waals surface area contributed by atoms with E-state index in [1.165, 1.54) is 5.56 Å². The summed E-state index contributed by atoms with van der Waals surface area (Å²) in [4.78, 5) is 0. The summed E-state index contributed by atoms with van der Waals surface area (Å²) in [5.74, 6) is 0. The summed E-state index contributed by atoms with van der Waals surface area (Å²) >= 11 is 0. The minimum Gasteiger partial charge on any atom is -0.309 e. The number of hydrogen-bond donors (Lipinski definition) is 0. The van der Waals surface area contributed by atoms with E-state index >= 15 is 0 Å². The number of aromatic nitrogens is 1. The summed E-state index contributed by atoms with van der Waals surface area (Å²) in [6.07, 6.45) is 0.237. The molecule has 1 nitrogen and oxygen atoms in total. The highest BCUT2D eigenvalue weighted by Crippen LogP contribution is 2.38. The molecule has 0 spiro atoms. The Balaban J connectivity index is 1.87. The van der Waals surface area contributed by atoms with Gasteiger partial charge in [0.2, 0.25) is 0 Å². The number of para-hydroxylation sites is 3. The molecule has 0 N–H and O–H groups in total. The average molecular weight is 395 g/mol. The van der Waals surface area contributed by atoms with Crippen LogP contribution in [0.2, 0.25) is 0 Å². The highest BCUT2D eigenvalue weighted by molar-refractivity contribution is 6.10. The third-order valence-electron chi connectivity index (χ3n) is 5.65. The first kappa shape index (κ1) is 13.8. The smallest absolute Gasteiger partial charge is 0.0626 e. The van der Waals surface area contributed by atoms with Gasteiger partial charge >= 0.3 is 0 Å². The Kier molecular flexibility index (Phi) is 3.31. The van der Waals surface area contributed by atoms with Crippen molar-refractivity contribution in [2.45, 2.75) is 32.6 Å². The predicted octanol–water partition coefficient (Wildman–Crippen LogP) is 7.67. The molecule has 0 bridgehead atoms. The minimum absolute atomic E-state index is 0.0872. The van der Waals surface area contributed by atoms with Crippen molar-refractivity contribution in [3.8, 4) is 5.69 Å². The van der Waals surface area contributed by atoms with Crippen LogP contribution in [0.15, 0.2) is 96.9 Å². The third kappa shape index (κ3) is 3.11. The first-order chi connectivity index (χ1) is 16.6. The molecule has 1 aromatic heterocycles. The van der Waals surface area contributed by atoms with Gasteiger partial charge in [-0.15, -0.1) is 0 Å². The molecular weight excluding hydrogens is 362 g/mol. The van der Waals surface area contributed by atoms with E-state index in [1.54, 1.807) is 0 Å². The van der Waals surface area contributed by atoms with Crippen molar-refractivity contribution in [2.24, 2.45) is 0 Å². The van der Waals surface area contributed by atoms with Gasteiger partial charge in [0.25, 0.3) is 0 Å². The molecule has 1 heteroatoms. The molecule has 4 aromatic carbocycles. The van der Waals surface area contributed by atoms with Crippen LogP contribution in [0.3, 0.4) is 0 Å². The highest BCUT2D eigenvalue weighted by Gasteiger charge is 2.22. The first-order valence-electron chi connectivity index (χ1n) is 12.8. The van der Waals surface area contributed by atoms with Crippen molar-refractivity contribution < 1.29 is 6.85 Å². The molecule has 0 saturated carbocycles. The molecule has 1 heterocycles. The Morgan fingerprint density at radius 2 is 1.47 bits per heavy atom. The molecule has 0 saturated heterocycles. The van der Waals surface area contributed by atoms with Crippen LogP contribution in [-0.2, 0) is 11.8 Å². The van der Waals surface area contributed by atoms with Crippen LogP contribution >= 0.6 is 0 Å². The Bertz CT molecular complexity index is 1580. The van der Waals surface area contributed by atoms with Crippen LogP contribution in [0.1, 0.15) is 44.3 Å². The molecular formula is C29H27N. The Hall–Kier alpha value is -3.32. The maximum atomic E-state index is 8.45. The van der Waals surface area contributed by atoms with E-state index in [-0.39, 0.29) is 42.0 Å². The summed E-state index contributed by atoms with van der Waals surface area (Å²) in [6.45, 7) is 6.61. The van der Waals surface area contributed by atoms with Crippen LogP contribution in [0.25, 0.3) is 27.5 Å². The van der Waals surface area contributed by atoms with E-state index in [9.17, 15) is 0 Å². The lowest BCUT2D eigenvalue weighted by molar-refractivity contribution is 0.587. The van der Waals surface area contributed by atoms with Gasteiger partial charge in [0.15, 0.2) is 0 Å². The number of nitrogens with zero attached hydrogens (tertiary/aromatic N) is 1. The van der Waals surface area contributed by atoms with Crippen molar-refractivity contribution in [3.63, 3.8) is 0 Å². The zero-order valence-electron chi connectivity index (χ0n) is 22.5. The monoisotopic (exact) mass is 394 g/mol. The molecule has 30 heavy (non-hydrogen) atoms. The molecule has 0 amide bonds. The van der Waals surface area contributed by atoms with Crippen LogP contribution in [0.4, 0.5) is 0 Å². The lowest BCUT2D eigenvalue weighted by Crippen LogP contribution is -2.15. The summed E-state index contributed by atoms with van der Waals surface area (Å²) in [5, 5.41) is 2.20. The average Bonchev–Trinajstić information content (AvgIpc) is 3.19. The van der Waals surface area contributed by atoms with E-state index in [1.807, 2.05) is 30.3 Å². The van der Waals surface area contributed by atoms with Crippen LogP contribution in [0.5, 0.6) is 0 Å². The summed E-state index contributed by atoms with van der Waals surface area (Å²) < 4.78 is 43.4. The Labute approximate surface area is 185 Å². The maximum Gasteiger partial charge on any atom is 0.0626 e. The fourth-order valence-electron chi connectivity index (χ4n) is 4.34. The fraction of sp³-hybridized carbons (Fsp3) is 0.172. The van der Waals surface area contributed by atoms with E-state index in [0.717, 1.165) is 33.1 Å². The van der Waals surface area contributed by atoms with Crippen LogP contribution in [-0.4, -0.2) is 4.57 Å². The van der Waals surface area contributed by atoms with Gasteiger partial charge in [-0.1, -0.05) is 106 Å². The molecule has 148 valence electrons. The van der Waals surface area contributed by atoms with E-state index in [2.05, 4.69) is 61.7 Å². The van der Waals surface area contributed by atoms with E-state index in [0.29, 0.717) is 5.56 Å². The minimum atomic E-state index is -0.366. The van der Waals surface area contributed by atoms with E-state index < -0.39 is 0 Å². The quantitative estimate of drug-likeness (QED) is 0.296. The second-order valence-corrected chi connectivity index (χ2v) is 8.71. The number of benzene rings is 4. The summed E-state index contributed by atoms with van der Waals surface area (Å²) in [5.41, 5.74) is 5.51. The van der Waals surface area contributed by atoms with Gasteiger partial charge in [0.05, 0.1) is 17.9 Å². The van der Waals surface area contributed by atoms with Gasteiger partial charge in [0.1, 0.15) is 0 Å². The zero-order valence-corrected chi connectivity index (χ0v) is 17.5. The fourth-order valence-corrected chi connectivity index (χ4v) is 4.34. The lowest BCUT2D eigenvalue weighted by atomic mass is 9.85. The Morgan fingerprint density at radius 3 is 2.27 bits per heavy atom. The maximum absolute atomic E-state index is 8.45. The Morgan fingerprint density at radius 1 is 0.767 bits per heavy atom. The molecule has 5 rings (SSSR count). The molecule has 0 atom stereocenters. The zero-order chi connectivity index (χ0) is 25.1. The van der Waals surface area contributed by atoms with Gasteiger partial charge in [-0.25, -0.2) is 0 Å². The molecule has 0 aliphatic carbocycles. The largest absolute Gasteiger partial charge is 0.309 e. The van der Waals surface area contributed by atoms with Crippen molar-refractivity contribution in [1.82, 2.24) is 4.57 Å². The van der Waals surface area contributed by atoms with Gasteiger partial charge in [0, 0.05) is 16.5 Å². The van der Waals surface area contributed by atoms with Gasteiger partial charge in [-0.2, -0.15) is 0 Å². The predicted molar refractivity (Wildman–Crippen MR) is 129 cm³/mol. The number of fused-ring (bicyclic) bond motifs is 3. The number of hydrogen-bond acceptors (Lipinski definition) is 0. The number of rotatable bonds is 3. The molecule has 0 fully saturated rings. The standard InChI is InChI=1S/C29H27N/c1-29(2,3)25-17-8-10-19-27(25)30-26-18-9-7-15-23(26)24-16-11-14-22(28(24)30)20-21-12-5-4-6-13-21/h4-19H,20H2,1-3H3/i4D,5D,6D,12D,13D. The molecule has 0 radical (unpaired) electrons. The van der Waals surface area contributed by atoms with Crippen molar-refractivity contribution >= 4 is 21.8 Å². The molecule has 0 aliphatic heterocycles. The van der Waals surface area contributed by atoms with Gasteiger partial charge in [-0.3, -0.25) is 0 Å². The molecule has 0 unspecified atom stereocenters. The SMILES string of the molecule is [2H]c1c([2H])c([2H])c(Cc2cccc3c4ccccc4n(-c4ccccc4C(C)(C)C)c23)c([2H])c1[2H]. The van der Waals surface area contributed by atoms with Crippen LogP contribution in [0, 0.1) is 0 Å². The molecule has 0 aliphatic rings. The van der Waals surface area contributed by atoms with Crippen molar-refractivity contribution in [1.29, 1.82) is 0 Å². The first-order valence-corrected chi connectivity index (χ1v) is 10.3. The van der Waals surface area contributed by atoms with Crippen molar-refractivity contribution in [3.05, 3.63) is 114 Å². The van der Waals surface area contributed by atoms with Crippen LogP contribution < -0.4 is 0 Å². The molecule has 5 aromatic rings. The topological polar surface area (TPSA) is 4.93 Å². The third-order valence-corrected chi connectivity index (χ3v) is 5.65. The van der Waals surface area contributed by atoms with Crippen molar-refractivity contribution in [2.75, 3.05) is 0 Å². The van der Waals surface area contributed by atoms with E-state index in [4.69, 9.17) is 6.85 Å². The normalized spacial score (nSPS) is 14.3. The lowest BCUT2D eigenvalue weighted by Gasteiger charge is -2.24. The van der Waals surface area contributed by atoms with Gasteiger partial charge in [-0.05, 0) is 40.7 Å². The second-order valence-electron chi connectivity index (χ2n) is 8.71.